The van der Waals surface area contributed by atoms with E-state index in [1.807, 2.05) is 24.3 Å². The molecule has 0 spiro atoms. The Hall–Kier alpha value is -4.38. The van der Waals surface area contributed by atoms with Crippen LogP contribution >= 0.6 is 11.3 Å². The molecule has 2 heterocycles. The number of ether oxygens (including phenoxy) is 3. The lowest BCUT2D eigenvalue weighted by Crippen LogP contribution is -2.43. The van der Waals surface area contributed by atoms with Crippen LogP contribution in [0.3, 0.4) is 0 Å². The number of aryl methyl sites for hydroxylation is 1. The van der Waals surface area contributed by atoms with E-state index in [0.29, 0.717) is 26.8 Å². The van der Waals surface area contributed by atoms with Gasteiger partial charge in [0.15, 0.2) is 5.60 Å². The zero-order chi connectivity index (χ0) is 30.8. The van der Waals surface area contributed by atoms with Gasteiger partial charge in [-0.3, -0.25) is 18.7 Å². The number of nitrogens with zero attached hydrogens (tertiary/aromatic N) is 2. The third-order valence-electron chi connectivity index (χ3n) is 6.35. The van der Waals surface area contributed by atoms with Gasteiger partial charge in [-0.25, -0.2) is 9.59 Å². The zero-order valence-corrected chi connectivity index (χ0v) is 25.6. The minimum Gasteiger partial charge on any atom is -0.497 e. The van der Waals surface area contributed by atoms with E-state index in [4.69, 9.17) is 14.2 Å². The number of methoxy groups -OCH3 is 1. The van der Waals surface area contributed by atoms with Crippen molar-refractivity contribution < 1.29 is 23.8 Å². The smallest absolute Gasteiger partial charge is 0.350 e. The first-order valence-electron chi connectivity index (χ1n) is 13.3. The van der Waals surface area contributed by atoms with Crippen molar-refractivity contribution in [1.82, 2.24) is 14.5 Å². The molecule has 0 bridgehead atoms. The standard InChI is InChI=1S/C31H35N3O7S/c1-30(2,3)41-28(37)31(4,5)40-21-13-11-19(12-14-21)18-34-26(36)23-16-24(42-27(23)33(6)29(34)38)25(35)32-17-20-9-8-10-22(15-20)39-7/h8-16H,17-18H2,1-7H3,(H,32,35). The molecule has 11 heteroatoms. The number of hydrogen-bond acceptors (Lipinski definition) is 8. The van der Waals surface area contributed by atoms with Crippen LogP contribution in [-0.2, 0) is 29.7 Å². The maximum atomic E-state index is 13.4. The van der Waals surface area contributed by atoms with Gasteiger partial charge in [0.05, 0.1) is 23.9 Å². The van der Waals surface area contributed by atoms with Crippen LogP contribution in [0.4, 0.5) is 0 Å². The summed E-state index contributed by atoms with van der Waals surface area (Å²) in [5, 5.41) is 3.14. The number of thiophene rings is 1. The summed E-state index contributed by atoms with van der Waals surface area (Å²) in [6, 6.07) is 15.7. The van der Waals surface area contributed by atoms with Gasteiger partial charge in [-0.15, -0.1) is 11.3 Å². The summed E-state index contributed by atoms with van der Waals surface area (Å²) in [4.78, 5) is 52.7. The van der Waals surface area contributed by atoms with Crippen LogP contribution < -0.4 is 26.0 Å². The second-order valence-electron chi connectivity index (χ2n) is 11.4. The molecule has 0 saturated heterocycles. The molecule has 2 aromatic carbocycles. The third-order valence-corrected chi connectivity index (χ3v) is 7.56. The molecule has 222 valence electrons. The fourth-order valence-corrected chi connectivity index (χ4v) is 5.19. The molecule has 0 atom stereocenters. The summed E-state index contributed by atoms with van der Waals surface area (Å²) in [6.07, 6.45) is 0. The van der Waals surface area contributed by atoms with Crippen LogP contribution in [0.1, 0.15) is 55.4 Å². The molecule has 0 saturated carbocycles. The van der Waals surface area contributed by atoms with Crippen LogP contribution in [0.2, 0.25) is 0 Å². The molecule has 0 radical (unpaired) electrons. The van der Waals surface area contributed by atoms with Gasteiger partial charge in [-0.1, -0.05) is 24.3 Å². The number of carbonyl (C=O) groups excluding carboxylic acids is 2. The van der Waals surface area contributed by atoms with E-state index in [2.05, 4.69) is 5.32 Å². The molecular formula is C31H35N3O7S. The van der Waals surface area contributed by atoms with E-state index in [1.165, 1.54) is 10.6 Å². The molecule has 0 unspecified atom stereocenters. The Kier molecular flexibility index (Phi) is 8.63. The van der Waals surface area contributed by atoms with Crippen molar-refractivity contribution in [3.8, 4) is 11.5 Å². The molecule has 4 rings (SSSR count). The van der Waals surface area contributed by atoms with Gasteiger partial charge in [0.2, 0.25) is 0 Å². The Morgan fingerprint density at radius 1 is 0.929 bits per heavy atom. The number of benzene rings is 2. The van der Waals surface area contributed by atoms with Gasteiger partial charge < -0.3 is 19.5 Å². The van der Waals surface area contributed by atoms with Gasteiger partial charge >= 0.3 is 11.7 Å². The molecule has 0 aliphatic carbocycles. The van der Waals surface area contributed by atoms with Crippen molar-refractivity contribution in [2.45, 2.75) is 58.9 Å². The minimum absolute atomic E-state index is 0.0183. The van der Waals surface area contributed by atoms with Gasteiger partial charge in [0.1, 0.15) is 21.9 Å². The molecule has 42 heavy (non-hydrogen) atoms. The fourth-order valence-electron chi connectivity index (χ4n) is 4.17. The van der Waals surface area contributed by atoms with Crippen LogP contribution in [0.25, 0.3) is 10.2 Å². The third kappa shape index (κ3) is 6.91. The summed E-state index contributed by atoms with van der Waals surface area (Å²) in [5.41, 5.74) is -1.30. The van der Waals surface area contributed by atoms with Crippen molar-refractivity contribution in [2.75, 3.05) is 7.11 Å². The molecule has 1 amide bonds. The normalized spacial score (nSPS) is 11.8. The van der Waals surface area contributed by atoms with E-state index >= 15 is 0 Å². The quantitative estimate of drug-likeness (QED) is 0.288. The van der Waals surface area contributed by atoms with Crippen molar-refractivity contribution in [3.63, 3.8) is 0 Å². The lowest BCUT2D eigenvalue weighted by atomic mass is 10.1. The second kappa shape index (κ2) is 11.8. The Labute approximate surface area is 247 Å². The predicted molar refractivity (Wildman–Crippen MR) is 162 cm³/mol. The Morgan fingerprint density at radius 3 is 2.26 bits per heavy atom. The Morgan fingerprint density at radius 2 is 1.62 bits per heavy atom. The molecule has 1 N–H and O–H groups in total. The highest BCUT2D eigenvalue weighted by Gasteiger charge is 2.34. The molecular weight excluding hydrogens is 558 g/mol. The number of rotatable bonds is 9. The lowest BCUT2D eigenvalue weighted by Gasteiger charge is -2.29. The van der Waals surface area contributed by atoms with Gasteiger partial charge in [-0.2, -0.15) is 0 Å². The topological polar surface area (TPSA) is 118 Å². The summed E-state index contributed by atoms with van der Waals surface area (Å²) < 4.78 is 19.0. The molecule has 0 aliphatic heterocycles. The number of amides is 1. The molecule has 0 aliphatic rings. The van der Waals surface area contributed by atoms with Gasteiger partial charge in [0, 0.05) is 13.6 Å². The van der Waals surface area contributed by atoms with E-state index < -0.39 is 28.4 Å². The number of fused-ring (bicyclic) bond motifs is 1. The van der Waals surface area contributed by atoms with E-state index in [0.717, 1.165) is 21.5 Å². The lowest BCUT2D eigenvalue weighted by molar-refractivity contribution is -0.170. The van der Waals surface area contributed by atoms with Crippen LogP contribution in [0.15, 0.2) is 64.2 Å². The van der Waals surface area contributed by atoms with Gasteiger partial charge in [-0.05, 0) is 76.1 Å². The van der Waals surface area contributed by atoms with E-state index in [9.17, 15) is 19.2 Å². The highest BCUT2D eigenvalue weighted by atomic mass is 32.1. The van der Waals surface area contributed by atoms with Crippen molar-refractivity contribution >= 4 is 33.4 Å². The summed E-state index contributed by atoms with van der Waals surface area (Å²) in [7, 11) is 3.15. The number of hydrogen-bond donors (Lipinski definition) is 1. The van der Waals surface area contributed by atoms with Crippen molar-refractivity contribution in [3.05, 3.63) is 91.4 Å². The first-order valence-corrected chi connectivity index (χ1v) is 14.2. The SMILES string of the molecule is COc1cccc(CNC(=O)c2cc3c(=O)n(Cc4ccc(OC(C)(C)C(=O)OC(C)(C)C)cc4)c(=O)n(C)c3s2)c1. The average Bonchev–Trinajstić information content (AvgIpc) is 3.39. The first kappa shape index (κ1) is 30.6. The largest absolute Gasteiger partial charge is 0.497 e. The number of esters is 1. The van der Waals surface area contributed by atoms with Crippen molar-refractivity contribution in [2.24, 2.45) is 7.05 Å². The number of nitrogens with one attached hydrogen (secondary N) is 1. The summed E-state index contributed by atoms with van der Waals surface area (Å²) in [6.45, 7) is 8.91. The number of aromatic nitrogens is 2. The predicted octanol–water partition coefficient (Wildman–Crippen LogP) is 4.25. The van der Waals surface area contributed by atoms with E-state index in [-0.39, 0.29) is 24.4 Å². The van der Waals surface area contributed by atoms with E-state index in [1.54, 1.807) is 73.0 Å². The zero-order valence-electron chi connectivity index (χ0n) is 24.8. The Balaban J connectivity index is 1.52. The summed E-state index contributed by atoms with van der Waals surface area (Å²) in [5.74, 6) is 0.285. The fraction of sp³-hybridized carbons (Fsp3) is 0.355. The molecule has 0 fully saturated rings. The van der Waals surface area contributed by atoms with Crippen molar-refractivity contribution in [1.29, 1.82) is 0 Å². The summed E-state index contributed by atoms with van der Waals surface area (Å²) >= 11 is 1.09. The molecule has 4 aromatic rings. The first-order chi connectivity index (χ1) is 19.7. The highest BCUT2D eigenvalue weighted by molar-refractivity contribution is 7.20. The van der Waals surface area contributed by atoms with Crippen LogP contribution in [0.5, 0.6) is 11.5 Å². The average molecular weight is 594 g/mol. The molecule has 2 aromatic heterocycles. The second-order valence-corrected chi connectivity index (χ2v) is 12.4. The monoisotopic (exact) mass is 593 g/mol. The van der Waals surface area contributed by atoms with Gasteiger partial charge in [0.25, 0.3) is 11.5 Å². The Bertz CT molecular complexity index is 1740. The number of carbonyl (C=O) groups is 2. The van der Waals surface area contributed by atoms with Crippen LogP contribution in [0, 0.1) is 0 Å². The minimum atomic E-state index is -1.22. The van der Waals surface area contributed by atoms with Crippen LogP contribution in [-0.4, -0.2) is 39.3 Å². The molecule has 10 nitrogen and oxygen atoms in total. The maximum absolute atomic E-state index is 13.4. The highest BCUT2D eigenvalue weighted by Crippen LogP contribution is 2.24. The maximum Gasteiger partial charge on any atom is 0.350 e.